The molecule has 3 aromatic rings. The molecule has 1 amide bonds. The molecular weight excluding hydrogens is 300 g/mol. The van der Waals surface area contributed by atoms with Gasteiger partial charge < -0.3 is 4.90 Å². The quantitative estimate of drug-likeness (QED) is 0.742. The van der Waals surface area contributed by atoms with Crippen molar-refractivity contribution in [2.75, 3.05) is 7.05 Å². The van der Waals surface area contributed by atoms with Gasteiger partial charge in [0.25, 0.3) is 5.91 Å². The number of carbonyl (C=O) groups is 1. The summed E-state index contributed by atoms with van der Waals surface area (Å²) >= 11 is 0. The first-order chi connectivity index (χ1) is 11.5. The summed E-state index contributed by atoms with van der Waals surface area (Å²) in [5.41, 5.74) is 3.63. The molecule has 3 rings (SSSR count). The van der Waals surface area contributed by atoms with Gasteiger partial charge in [-0.1, -0.05) is 18.2 Å². The zero-order valence-electron chi connectivity index (χ0n) is 14.5. The molecule has 1 aromatic carbocycles. The molecule has 1 atom stereocenters. The van der Waals surface area contributed by atoms with Crippen molar-refractivity contribution in [1.29, 1.82) is 0 Å². The van der Waals surface area contributed by atoms with E-state index in [1.807, 2.05) is 64.5 Å². The number of benzene rings is 1. The number of hydrogen-bond acceptors (Lipinski definition) is 3. The summed E-state index contributed by atoms with van der Waals surface area (Å²) < 4.78 is 1.75. The van der Waals surface area contributed by atoms with Gasteiger partial charge in [0.05, 0.1) is 5.52 Å². The number of fused-ring (bicyclic) bond motifs is 1. The van der Waals surface area contributed by atoms with Gasteiger partial charge in [-0.2, -0.15) is 5.10 Å². The molecule has 5 heteroatoms. The highest BCUT2D eigenvalue weighted by molar-refractivity contribution is 6.04. The molecule has 2 aromatic heterocycles. The van der Waals surface area contributed by atoms with Crippen molar-refractivity contribution >= 4 is 16.8 Å². The fourth-order valence-corrected chi connectivity index (χ4v) is 2.89. The van der Waals surface area contributed by atoms with Gasteiger partial charge in [0.2, 0.25) is 0 Å². The molecule has 0 aliphatic rings. The number of rotatable bonds is 4. The first-order valence-electron chi connectivity index (χ1n) is 8.08. The Balaban J connectivity index is 1.83. The maximum atomic E-state index is 12.9. The Morgan fingerprint density at radius 3 is 2.79 bits per heavy atom. The topological polar surface area (TPSA) is 51.0 Å². The van der Waals surface area contributed by atoms with Gasteiger partial charge in [-0.15, -0.1) is 0 Å². The van der Waals surface area contributed by atoms with E-state index in [0.29, 0.717) is 12.1 Å². The second-order valence-electron chi connectivity index (χ2n) is 6.28. The third-order valence-corrected chi connectivity index (χ3v) is 4.42. The molecule has 0 unspecified atom stereocenters. The highest BCUT2D eigenvalue weighted by Gasteiger charge is 2.23. The lowest BCUT2D eigenvalue weighted by Gasteiger charge is -2.24. The fraction of sp³-hybridized carbons (Fsp3) is 0.316. The minimum Gasteiger partial charge on any atom is -0.337 e. The Morgan fingerprint density at radius 2 is 2.04 bits per heavy atom. The average molecular weight is 322 g/mol. The van der Waals surface area contributed by atoms with Gasteiger partial charge in [-0.3, -0.25) is 14.5 Å². The summed E-state index contributed by atoms with van der Waals surface area (Å²) in [5.74, 6) is -0.0630. The number of likely N-dealkylation sites (N-methyl/N-ethyl adjacent to an activating group) is 1. The lowest BCUT2D eigenvalue weighted by molar-refractivity contribution is 0.0738. The van der Waals surface area contributed by atoms with E-state index in [-0.39, 0.29) is 11.9 Å². The van der Waals surface area contributed by atoms with Crippen molar-refractivity contribution in [2.24, 2.45) is 7.05 Å². The molecule has 2 heterocycles. The molecule has 0 N–H and O–H groups in total. The van der Waals surface area contributed by atoms with Crippen LogP contribution in [0.1, 0.15) is 28.7 Å². The van der Waals surface area contributed by atoms with Crippen molar-refractivity contribution in [2.45, 2.75) is 26.3 Å². The lowest BCUT2D eigenvalue weighted by Crippen LogP contribution is -2.37. The molecule has 0 saturated heterocycles. The molecule has 0 radical (unpaired) electrons. The number of amides is 1. The number of aromatic nitrogens is 3. The molecule has 0 saturated carbocycles. The Kier molecular flexibility index (Phi) is 4.34. The van der Waals surface area contributed by atoms with Gasteiger partial charge in [-0.25, -0.2) is 0 Å². The van der Waals surface area contributed by atoms with E-state index in [1.54, 1.807) is 9.58 Å². The van der Waals surface area contributed by atoms with Crippen LogP contribution in [0.4, 0.5) is 0 Å². The van der Waals surface area contributed by atoms with Crippen molar-refractivity contribution < 1.29 is 4.79 Å². The SMILES string of the molecule is Cc1ccnc(C[C@@H](C)N(C)C(=O)c2nn(C)c3ccccc23)c1. The predicted molar refractivity (Wildman–Crippen MR) is 94.9 cm³/mol. The molecule has 0 aliphatic heterocycles. The van der Waals surface area contributed by atoms with E-state index < -0.39 is 0 Å². The molecule has 124 valence electrons. The summed E-state index contributed by atoms with van der Waals surface area (Å²) in [7, 11) is 3.69. The Labute approximate surface area is 141 Å². The predicted octanol–water partition coefficient (Wildman–Crippen LogP) is 2.98. The maximum Gasteiger partial charge on any atom is 0.274 e. The first-order valence-corrected chi connectivity index (χ1v) is 8.08. The summed E-state index contributed by atoms with van der Waals surface area (Å²) in [5, 5.41) is 5.31. The highest BCUT2D eigenvalue weighted by Crippen LogP contribution is 2.20. The van der Waals surface area contributed by atoms with Gasteiger partial charge in [-0.05, 0) is 37.6 Å². The molecule has 0 aliphatic carbocycles. The number of pyridine rings is 1. The van der Waals surface area contributed by atoms with E-state index in [2.05, 4.69) is 16.1 Å². The monoisotopic (exact) mass is 322 g/mol. The van der Waals surface area contributed by atoms with Crippen LogP contribution in [-0.2, 0) is 13.5 Å². The fourth-order valence-electron chi connectivity index (χ4n) is 2.89. The zero-order valence-corrected chi connectivity index (χ0v) is 14.5. The van der Waals surface area contributed by atoms with E-state index in [4.69, 9.17) is 0 Å². The minimum atomic E-state index is -0.0630. The minimum absolute atomic E-state index is 0.0348. The van der Waals surface area contributed by atoms with Crippen molar-refractivity contribution in [3.63, 3.8) is 0 Å². The Morgan fingerprint density at radius 1 is 1.29 bits per heavy atom. The summed E-state index contributed by atoms with van der Waals surface area (Å²) in [6, 6.07) is 11.9. The van der Waals surface area contributed by atoms with Crippen LogP contribution in [-0.4, -0.2) is 38.7 Å². The van der Waals surface area contributed by atoms with E-state index >= 15 is 0 Å². The van der Waals surface area contributed by atoms with Gasteiger partial charge in [0.15, 0.2) is 5.69 Å². The molecular formula is C19H22N4O. The molecule has 0 spiro atoms. The van der Waals surface area contributed by atoms with Crippen LogP contribution in [0.3, 0.4) is 0 Å². The Bertz CT molecular complexity index is 884. The van der Waals surface area contributed by atoms with E-state index in [9.17, 15) is 4.79 Å². The molecule has 0 bridgehead atoms. The summed E-state index contributed by atoms with van der Waals surface area (Å²) in [6.45, 7) is 4.08. The van der Waals surface area contributed by atoms with Crippen LogP contribution in [0.5, 0.6) is 0 Å². The summed E-state index contributed by atoms with van der Waals surface area (Å²) in [4.78, 5) is 19.0. The van der Waals surface area contributed by atoms with Crippen LogP contribution in [0.2, 0.25) is 0 Å². The zero-order chi connectivity index (χ0) is 17.3. The number of nitrogens with zero attached hydrogens (tertiary/aromatic N) is 4. The second kappa shape index (κ2) is 6.43. The largest absolute Gasteiger partial charge is 0.337 e. The lowest BCUT2D eigenvalue weighted by atomic mass is 10.1. The molecule has 24 heavy (non-hydrogen) atoms. The van der Waals surface area contributed by atoms with Gasteiger partial charge in [0.1, 0.15) is 0 Å². The van der Waals surface area contributed by atoms with Crippen LogP contribution in [0.25, 0.3) is 10.9 Å². The van der Waals surface area contributed by atoms with Crippen LogP contribution in [0, 0.1) is 6.92 Å². The Hall–Kier alpha value is -2.69. The smallest absolute Gasteiger partial charge is 0.274 e. The van der Waals surface area contributed by atoms with Crippen LogP contribution in [0.15, 0.2) is 42.6 Å². The van der Waals surface area contributed by atoms with Crippen molar-refractivity contribution in [3.8, 4) is 0 Å². The highest BCUT2D eigenvalue weighted by atomic mass is 16.2. The normalized spacial score (nSPS) is 12.3. The number of carbonyl (C=O) groups excluding carboxylic acids is 1. The first kappa shape index (κ1) is 16.2. The summed E-state index contributed by atoms with van der Waals surface area (Å²) in [6.07, 6.45) is 2.53. The maximum absolute atomic E-state index is 12.9. The van der Waals surface area contributed by atoms with Crippen LogP contribution < -0.4 is 0 Å². The van der Waals surface area contributed by atoms with Crippen molar-refractivity contribution in [1.82, 2.24) is 19.7 Å². The van der Waals surface area contributed by atoms with Gasteiger partial charge >= 0.3 is 0 Å². The van der Waals surface area contributed by atoms with Gasteiger partial charge in [0, 0.05) is 43.8 Å². The van der Waals surface area contributed by atoms with E-state index in [0.717, 1.165) is 16.6 Å². The molecule has 5 nitrogen and oxygen atoms in total. The standard InChI is InChI=1S/C19H22N4O/c1-13-9-10-20-15(11-13)12-14(2)22(3)19(24)18-16-7-5-6-8-17(16)23(4)21-18/h5-11,14H,12H2,1-4H3/t14-/m1/s1. The van der Waals surface area contributed by atoms with E-state index in [1.165, 1.54) is 5.56 Å². The average Bonchev–Trinajstić information content (AvgIpc) is 2.91. The van der Waals surface area contributed by atoms with Crippen LogP contribution >= 0.6 is 0 Å². The number of aryl methyl sites for hydroxylation is 2. The molecule has 0 fully saturated rings. The number of hydrogen-bond donors (Lipinski definition) is 0. The number of para-hydroxylation sites is 1. The van der Waals surface area contributed by atoms with Crippen molar-refractivity contribution in [3.05, 3.63) is 59.5 Å². The third-order valence-electron chi connectivity index (χ3n) is 4.42. The third kappa shape index (κ3) is 3.02. The second-order valence-corrected chi connectivity index (χ2v) is 6.28.